The van der Waals surface area contributed by atoms with E-state index in [4.69, 9.17) is 5.26 Å². The molecular formula is C15H13N3O4S. The normalized spacial score (nSPS) is 11.2. The number of hydrogen-bond donors (Lipinski definition) is 0. The first-order valence-electron chi connectivity index (χ1n) is 6.55. The Hall–Kier alpha value is -2.76. The zero-order valence-electron chi connectivity index (χ0n) is 12.2. The van der Waals surface area contributed by atoms with Crippen LogP contribution in [0.4, 0.5) is 5.69 Å². The van der Waals surface area contributed by atoms with Gasteiger partial charge >= 0.3 is 0 Å². The second-order valence-electron chi connectivity index (χ2n) is 4.75. The van der Waals surface area contributed by atoms with Crippen LogP contribution in [-0.4, -0.2) is 24.7 Å². The van der Waals surface area contributed by atoms with Crippen molar-refractivity contribution in [2.75, 3.05) is 7.05 Å². The summed E-state index contributed by atoms with van der Waals surface area (Å²) in [5.41, 5.74) is 0.156. The Morgan fingerprint density at radius 2 is 1.78 bits per heavy atom. The van der Waals surface area contributed by atoms with Crippen molar-refractivity contribution in [1.82, 2.24) is 4.31 Å². The lowest BCUT2D eigenvalue weighted by Crippen LogP contribution is -2.27. The first-order valence-corrected chi connectivity index (χ1v) is 7.99. The lowest BCUT2D eigenvalue weighted by atomic mass is 10.2. The average Bonchev–Trinajstić information content (AvgIpc) is 2.55. The Balaban J connectivity index is 2.39. The Labute approximate surface area is 133 Å². The molecule has 0 aliphatic rings. The van der Waals surface area contributed by atoms with Gasteiger partial charge in [0.25, 0.3) is 5.69 Å². The Morgan fingerprint density at radius 3 is 2.43 bits per heavy atom. The van der Waals surface area contributed by atoms with E-state index in [1.54, 1.807) is 12.1 Å². The van der Waals surface area contributed by atoms with Crippen LogP contribution in [0.1, 0.15) is 11.1 Å². The molecule has 0 radical (unpaired) electrons. The topological polar surface area (TPSA) is 104 Å². The molecule has 0 saturated heterocycles. The van der Waals surface area contributed by atoms with Gasteiger partial charge in [-0.1, -0.05) is 30.3 Å². The number of nitriles is 1. The first kappa shape index (κ1) is 16.6. The van der Waals surface area contributed by atoms with E-state index in [9.17, 15) is 18.5 Å². The number of nitrogens with zero attached hydrogens (tertiary/aromatic N) is 3. The van der Waals surface area contributed by atoms with Crippen LogP contribution in [0.3, 0.4) is 0 Å². The monoisotopic (exact) mass is 331 g/mol. The molecule has 0 amide bonds. The van der Waals surface area contributed by atoms with E-state index in [0.29, 0.717) is 0 Å². The highest BCUT2D eigenvalue weighted by molar-refractivity contribution is 7.89. The second kappa shape index (κ2) is 6.56. The van der Waals surface area contributed by atoms with Crippen LogP contribution in [0.25, 0.3) is 0 Å². The van der Waals surface area contributed by atoms with E-state index in [-0.39, 0.29) is 28.3 Å². The molecule has 0 fully saturated rings. The molecule has 0 unspecified atom stereocenters. The molecule has 23 heavy (non-hydrogen) atoms. The van der Waals surface area contributed by atoms with Crippen LogP contribution in [0, 0.1) is 21.4 Å². The summed E-state index contributed by atoms with van der Waals surface area (Å²) in [5.74, 6) is 0. The molecule has 0 aliphatic carbocycles. The Kier molecular flexibility index (Phi) is 4.74. The third kappa shape index (κ3) is 3.36. The smallest absolute Gasteiger partial charge is 0.258 e. The summed E-state index contributed by atoms with van der Waals surface area (Å²) in [6.07, 6.45) is 0. The fourth-order valence-electron chi connectivity index (χ4n) is 2.10. The highest BCUT2D eigenvalue weighted by Gasteiger charge is 2.26. The SMILES string of the molecule is CN(Cc1ccccc1[N+](=O)[O-])S(=O)(=O)c1ccccc1C#N. The van der Waals surface area contributed by atoms with Crippen molar-refractivity contribution in [3.63, 3.8) is 0 Å². The second-order valence-corrected chi connectivity index (χ2v) is 6.77. The molecule has 0 saturated carbocycles. The van der Waals surface area contributed by atoms with Crippen LogP contribution in [-0.2, 0) is 16.6 Å². The highest BCUT2D eigenvalue weighted by Crippen LogP contribution is 2.24. The molecule has 0 N–H and O–H groups in total. The van der Waals surface area contributed by atoms with Gasteiger partial charge in [-0.05, 0) is 12.1 Å². The van der Waals surface area contributed by atoms with Crippen molar-refractivity contribution in [2.24, 2.45) is 0 Å². The summed E-state index contributed by atoms with van der Waals surface area (Å²) < 4.78 is 26.2. The van der Waals surface area contributed by atoms with Crippen LogP contribution in [0.2, 0.25) is 0 Å². The molecule has 8 heteroatoms. The number of para-hydroxylation sites is 1. The molecule has 0 bridgehead atoms. The van der Waals surface area contributed by atoms with Crippen molar-refractivity contribution < 1.29 is 13.3 Å². The van der Waals surface area contributed by atoms with Crippen molar-refractivity contribution in [1.29, 1.82) is 5.26 Å². The number of sulfonamides is 1. The summed E-state index contributed by atoms with van der Waals surface area (Å²) in [6, 6.07) is 13.6. The molecular weight excluding hydrogens is 318 g/mol. The van der Waals surface area contributed by atoms with Gasteiger partial charge in [-0.3, -0.25) is 10.1 Å². The summed E-state index contributed by atoms with van der Waals surface area (Å²) in [4.78, 5) is 10.3. The zero-order valence-corrected chi connectivity index (χ0v) is 13.0. The van der Waals surface area contributed by atoms with Crippen molar-refractivity contribution in [3.05, 3.63) is 69.8 Å². The van der Waals surface area contributed by atoms with E-state index in [0.717, 1.165) is 4.31 Å². The molecule has 0 heterocycles. The minimum Gasteiger partial charge on any atom is -0.258 e. The lowest BCUT2D eigenvalue weighted by Gasteiger charge is -2.18. The van der Waals surface area contributed by atoms with E-state index in [1.165, 1.54) is 43.4 Å². The van der Waals surface area contributed by atoms with Gasteiger partial charge in [-0.15, -0.1) is 0 Å². The summed E-state index contributed by atoms with van der Waals surface area (Å²) in [7, 11) is -2.61. The van der Waals surface area contributed by atoms with Gasteiger partial charge in [0.1, 0.15) is 6.07 Å². The van der Waals surface area contributed by atoms with Crippen LogP contribution >= 0.6 is 0 Å². The maximum atomic E-state index is 12.6. The van der Waals surface area contributed by atoms with E-state index in [1.807, 2.05) is 6.07 Å². The van der Waals surface area contributed by atoms with Crippen molar-refractivity contribution in [2.45, 2.75) is 11.4 Å². The number of benzene rings is 2. The number of hydrogen-bond acceptors (Lipinski definition) is 5. The van der Waals surface area contributed by atoms with Gasteiger partial charge in [-0.2, -0.15) is 9.57 Å². The van der Waals surface area contributed by atoms with Gasteiger partial charge in [0.2, 0.25) is 10.0 Å². The molecule has 0 aliphatic heterocycles. The third-order valence-electron chi connectivity index (χ3n) is 3.28. The minimum absolute atomic E-state index is 0.0295. The average molecular weight is 331 g/mol. The predicted octanol–water partition coefficient (Wildman–Crippen LogP) is 2.29. The minimum atomic E-state index is -3.93. The van der Waals surface area contributed by atoms with E-state index in [2.05, 4.69) is 0 Å². The zero-order chi connectivity index (χ0) is 17.0. The molecule has 0 atom stereocenters. The predicted molar refractivity (Wildman–Crippen MR) is 82.9 cm³/mol. The first-order chi connectivity index (χ1) is 10.9. The van der Waals surface area contributed by atoms with Gasteiger partial charge in [0.15, 0.2) is 0 Å². The van der Waals surface area contributed by atoms with Gasteiger partial charge in [0.05, 0.1) is 15.4 Å². The van der Waals surface area contributed by atoms with Crippen molar-refractivity contribution in [3.8, 4) is 6.07 Å². The molecule has 2 aromatic rings. The lowest BCUT2D eigenvalue weighted by molar-refractivity contribution is -0.385. The van der Waals surface area contributed by atoms with E-state index < -0.39 is 14.9 Å². The van der Waals surface area contributed by atoms with Gasteiger partial charge < -0.3 is 0 Å². The van der Waals surface area contributed by atoms with Crippen LogP contribution in [0.15, 0.2) is 53.4 Å². The maximum Gasteiger partial charge on any atom is 0.273 e. The van der Waals surface area contributed by atoms with Gasteiger partial charge in [-0.25, -0.2) is 8.42 Å². The highest BCUT2D eigenvalue weighted by atomic mass is 32.2. The van der Waals surface area contributed by atoms with Crippen LogP contribution < -0.4 is 0 Å². The summed E-state index contributed by atoms with van der Waals surface area (Å²) in [6.45, 7) is -0.167. The molecule has 7 nitrogen and oxygen atoms in total. The summed E-state index contributed by atoms with van der Waals surface area (Å²) >= 11 is 0. The Morgan fingerprint density at radius 1 is 1.17 bits per heavy atom. The third-order valence-corrected chi connectivity index (χ3v) is 5.14. The number of nitro groups is 1. The molecule has 0 aromatic heterocycles. The Bertz CT molecular complexity index is 888. The fraction of sp³-hybridized carbons (Fsp3) is 0.133. The van der Waals surface area contributed by atoms with Crippen LogP contribution in [0.5, 0.6) is 0 Å². The molecule has 2 aromatic carbocycles. The van der Waals surface area contributed by atoms with Gasteiger partial charge in [0, 0.05) is 25.2 Å². The van der Waals surface area contributed by atoms with Crippen molar-refractivity contribution >= 4 is 15.7 Å². The summed E-state index contributed by atoms with van der Waals surface area (Å²) in [5, 5.41) is 20.1. The largest absolute Gasteiger partial charge is 0.273 e. The quantitative estimate of drug-likeness (QED) is 0.617. The number of rotatable bonds is 5. The molecule has 0 spiro atoms. The van der Waals surface area contributed by atoms with E-state index >= 15 is 0 Å². The fourth-order valence-corrected chi connectivity index (χ4v) is 3.39. The maximum absolute atomic E-state index is 12.6. The number of nitro benzene ring substituents is 1. The molecule has 2 rings (SSSR count). The molecule has 118 valence electrons. The standard InChI is InChI=1S/C15H13N3O4S/c1-17(11-13-7-2-4-8-14(13)18(19)20)23(21,22)15-9-5-3-6-12(15)10-16/h2-9H,11H2,1H3.